The summed E-state index contributed by atoms with van der Waals surface area (Å²) in [7, 11) is 0. The molecule has 0 saturated heterocycles. The number of amides is 1. The lowest BCUT2D eigenvalue weighted by Crippen LogP contribution is -2.44. The van der Waals surface area contributed by atoms with Crippen molar-refractivity contribution in [3.05, 3.63) is 0 Å². The first-order chi connectivity index (χ1) is 7.65. The molecule has 1 fully saturated rings. The summed E-state index contributed by atoms with van der Waals surface area (Å²) in [6, 6.07) is 0.680. The van der Waals surface area contributed by atoms with Crippen molar-refractivity contribution in [2.45, 2.75) is 51.6 Å². The maximum atomic E-state index is 11.4. The molecule has 1 aliphatic rings. The summed E-state index contributed by atoms with van der Waals surface area (Å²) in [6.45, 7) is 5.43. The van der Waals surface area contributed by atoms with Gasteiger partial charge in [0.25, 0.3) is 0 Å². The van der Waals surface area contributed by atoms with E-state index in [-0.39, 0.29) is 11.9 Å². The van der Waals surface area contributed by atoms with Crippen LogP contribution in [0.5, 0.6) is 0 Å². The van der Waals surface area contributed by atoms with Gasteiger partial charge in [-0.3, -0.25) is 4.79 Å². The molecule has 0 aromatic heterocycles. The molecule has 1 rings (SSSR count). The van der Waals surface area contributed by atoms with Gasteiger partial charge >= 0.3 is 0 Å². The number of hydrogen-bond acceptors (Lipinski definition) is 3. The van der Waals surface area contributed by atoms with Gasteiger partial charge in [0.15, 0.2) is 0 Å². The average molecular weight is 227 g/mol. The first-order valence-corrected chi connectivity index (χ1v) is 6.38. The summed E-state index contributed by atoms with van der Waals surface area (Å²) in [5.41, 5.74) is 5.69. The van der Waals surface area contributed by atoms with Crippen molar-refractivity contribution in [1.82, 2.24) is 10.6 Å². The monoisotopic (exact) mass is 227 g/mol. The SMILES string of the molecule is CCNC(=O)CC(CN)NC1CCC(C)C1. The van der Waals surface area contributed by atoms with Crippen molar-refractivity contribution >= 4 is 5.91 Å². The van der Waals surface area contributed by atoms with Crippen molar-refractivity contribution in [2.75, 3.05) is 13.1 Å². The Morgan fingerprint density at radius 3 is 2.75 bits per heavy atom. The quantitative estimate of drug-likeness (QED) is 0.623. The Balaban J connectivity index is 2.28. The van der Waals surface area contributed by atoms with Gasteiger partial charge in [-0.15, -0.1) is 0 Å². The van der Waals surface area contributed by atoms with Crippen molar-refractivity contribution in [2.24, 2.45) is 11.7 Å². The third-order valence-corrected chi connectivity index (χ3v) is 3.26. The molecule has 0 spiro atoms. The second-order valence-corrected chi connectivity index (χ2v) is 4.87. The zero-order valence-electron chi connectivity index (χ0n) is 10.5. The van der Waals surface area contributed by atoms with Crippen molar-refractivity contribution in [1.29, 1.82) is 0 Å². The fourth-order valence-electron chi connectivity index (χ4n) is 2.40. The Bertz CT molecular complexity index is 220. The third kappa shape index (κ3) is 4.49. The number of nitrogens with two attached hydrogens (primary N) is 1. The predicted octanol–water partition coefficient (Wildman–Crippen LogP) is 0.618. The van der Waals surface area contributed by atoms with Gasteiger partial charge in [-0.2, -0.15) is 0 Å². The van der Waals surface area contributed by atoms with Crippen LogP contribution in [0.15, 0.2) is 0 Å². The van der Waals surface area contributed by atoms with Gasteiger partial charge in [-0.25, -0.2) is 0 Å². The fourth-order valence-corrected chi connectivity index (χ4v) is 2.40. The smallest absolute Gasteiger partial charge is 0.221 e. The molecule has 3 atom stereocenters. The second kappa shape index (κ2) is 6.86. The van der Waals surface area contributed by atoms with Crippen LogP contribution in [0.1, 0.15) is 39.5 Å². The first kappa shape index (κ1) is 13.5. The molecule has 0 radical (unpaired) electrons. The molecule has 94 valence electrons. The summed E-state index contributed by atoms with van der Waals surface area (Å²) in [5.74, 6) is 0.900. The van der Waals surface area contributed by atoms with Crippen LogP contribution in [-0.4, -0.2) is 31.1 Å². The van der Waals surface area contributed by atoms with Crippen LogP contribution in [0.2, 0.25) is 0 Å². The van der Waals surface area contributed by atoms with Gasteiger partial charge in [-0.05, 0) is 32.1 Å². The molecule has 4 N–H and O–H groups in total. The highest BCUT2D eigenvalue weighted by Crippen LogP contribution is 2.24. The van der Waals surface area contributed by atoms with Crippen molar-refractivity contribution in [3.8, 4) is 0 Å². The van der Waals surface area contributed by atoms with E-state index in [1.54, 1.807) is 0 Å². The zero-order chi connectivity index (χ0) is 12.0. The molecule has 1 saturated carbocycles. The lowest BCUT2D eigenvalue weighted by Gasteiger charge is -2.21. The minimum Gasteiger partial charge on any atom is -0.356 e. The maximum Gasteiger partial charge on any atom is 0.221 e. The first-order valence-electron chi connectivity index (χ1n) is 6.38. The number of rotatable bonds is 6. The summed E-state index contributed by atoms with van der Waals surface area (Å²) in [6.07, 6.45) is 4.21. The van der Waals surface area contributed by atoms with E-state index in [2.05, 4.69) is 17.6 Å². The van der Waals surface area contributed by atoms with Crippen molar-refractivity contribution < 1.29 is 4.79 Å². The standard InChI is InChI=1S/C12H25N3O/c1-3-14-12(16)7-11(8-13)15-10-5-4-9(2)6-10/h9-11,15H,3-8,13H2,1-2H3,(H,14,16). The highest BCUT2D eigenvalue weighted by Gasteiger charge is 2.23. The van der Waals surface area contributed by atoms with Crippen LogP contribution in [0.3, 0.4) is 0 Å². The van der Waals surface area contributed by atoms with Crippen LogP contribution < -0.4 is 16.4 Å². The van der Waals surface area contributed by atoms with Crippen LogP contribution in [0.25, 0.3) is 0 Å². The Morgan fingerprint density at radius 2 is 2.25 bits per heavy atom. The number of hydrogen-bond donors (Lipinski definition) is 3. The van der Waals surface area contributed by atoms with Crippen LogP contribution >= 0.6 is 0 Å². The molecular formula is C12H25N3O. The molecule has 0 bridgehead atoms. The zero-order valence-corrected chi connectivity index (χ0v) is 10.5. The Hall–Kier alpha value is -0.610. The van der Waals surface area contributed by atoms with Gasteiger partial charge in [0, 0.05) is 31.6 Å². The molecule has 0 aliphatic heterocycles. The number of nitrogens with one attached hydrogen (secondary N) is 2. The average Bonchev–Trinajstić information content (AvgIpc) is 2.63. The number of carbonyl (C=O) groups is 1. The maximum absolute atomic E-state index is 11.4. The van der Waals surface area contributed by atoms with Gasteiger partial charge < -0.3 is 16.4 Å². The summed E-state index contributed by atoms with van der Waals surface area (Å²) < 4.78 is 0. The molecule has 1 amide bonds. The molecule has 1 aliphatic carbocycles. The summed E-state index contributed by atoms with van der Waals surface area (Å²) in [5, 5.41) is 6.31. The van der Waals surface area contributed by atoms with E-state index in [9.17, 15) is 4.79 Å². The Labute approximate surface area is 98.3 Å². The van der Waals surface area contributed by atoms with E-state index >= 15 is 0 Å². The summed E-state index contributed by atoms with van der Waals surface area (Å²) in [4.78, 5) is 11.4. The molecule has 0 aromatic rings. The largest absolute Gasteiger partial charge is 0.356 e. The lowest BCUT2D eigenvalue weighted by atomic mass is 10.1. The fraction of sp³-hybridized carbons (Fsp3) is 0.917. The highest BCUT2D eigenvalue weighted by molar-refractivity contribution is 5.76. The van der Waals surface area contributed by atoms with E-state index in [0.717, 1.165) is 5.92 Å². The molecule has 16 heavy (non-hydrogen) atoms. The molecular weight excluding hydrogens is 202 g/mol. The van der Waals surface area contributed by atoms with E-state index in [1.165, 1.54) is 19.3 Å². The highest BCUT2D eigenvalue weighted by atomic mass is 16.1. The third-order valence-electron chi connectivity index (χ3n) is 3.26. The molecule has 4 nitrogen and oxygen atoms in total. The van der Waals surface area contributed by atoms with E-state index < -0.39 is 0 Å². The van der Waals surface area contributed by atoms with Gasteiger partial charge in [0.05, 0.1) is 0 Å². The normalized spacial score (nSPS) is 26.7. The second-order valence-electron chi connectivity index (χ2n) is 4.87. The van der Waals surface area contributed by atoms with Gasteiger partial charge in [-0.1, -0.05) is 6.92 Å². The van der Waals surface area contributed by atoms with E-state index in [1.807, 2.05) is 6.92 Å². The summed E-state index contributed by atoms with van der Waals surface area (Å²) >= 11 is 0. The minimum absolute atomic E-state index is 0.0940. The van der Waals surface area contributed by atoms with E-state index in [4.69, 9.17) is 5.73 Å². The Kier molecular flexibility index (Phi) is 5.77. The topological polar surface area (TPSA) is 67.2 Å². The minimum atomic E-state index is 0.0940. The van der Waals surface area contributed by atoms with Crippen LogP contribution in [-0.2, 0) is 4.79 Å². The number of carbonyl (C=O) groups excluding carboxylic acids is 1. The molecule has 0 aromatic carbocycles. The molecule has 4 heteroatoms. The predicted molar refractivity (Wildman–Crippen MR) is 66.1 cm³/mol. The molecule has 3 unspecified atom stereocenters. The Morgan fingerprint density at radius 1 is 1.50 bits per heavy atom. The van der Waals surface area contributed by atoms with Crippen LogP contribution in [0.4, 0.5) is 0 Å². The van der Waals surface area contributed by atoms with Gasteiger partial charge in [0.2, 0.25) is 5.91 Å². The lowest BCUT2D eigenvalue weighted by molar-refractivity contribution is -0.121. The van der Waals surface area contributed by atoms with Gasteiger partial charge in [0.1, 0.15) is 0 Å². The van der Waals surface area contributed by atoms with E-state index in [0.29, 0.717) is 25.6 Å². The molecule has 0 heterocycles. The van der Waals surface area contributed by atoms with Crippen molar-refractivity contribution in [3.63, 3.8) is 0 Å². The van der Waals surface area contributed by atoms with Crippen LogP contribution in [0, 0.1) is 5.92 Å².